The summed E-state index contributed by atoms with van der Waals surface area (Å²) in [4.78, 5) is 2.56. The highest BCUT2D eigenvalue weighted by Crippen LogP contribution is 2.23. The van der Waals surface area contributed by atoms with Gasteiger partial charge in [0.2, 0.25) is 0 Å². The molecule has 92 valence electrons. The van der Waals surface area contributed by atoms with Crippen LogP contribution in [-0.2, 0) is 0 Å². The van der Waals surface area contributed by atoms with Crippen molar-refractivity contribution in [1.29, 1.82) is 0 Å². The van der Waals surface area contributed by atoms with Crippen molar-refractivity contribution in [2.75, 3.05) is 19.6 Å². The lowest BCUT2D eigenvalue weighted by Crippen LogP contribution is -2.58. The Hall–Kier alpha value is -0.520. The fraction of sp³-hybridized carbons (Fsp3) is 0.857. The standard InChI is InChI=1S/C14H26N2/c1-6-8-12(7-2)16-10-9-15-13(11-16)14(3,4)5/h1,12-13,15H,7-11H2,2-5H3. The van der Waals surface area contributed by atoms with Gasteiger partial charge in [-0.3, -0.25) is 4.90 Å². The average molecular weight is 222 g/mol. The fourth-order valence-electron chi connectivity index (χ4n) is 2.35. The van der Waals surface area contributed by atoms with Crippen molar-refractivity contribution in [3.8, 4) is 12.3 Å². The molecule has 2 unspecified atom stereocenters. The van der Waals surface area contributed by atoms with Crippen LogP contribution in [0.1, 0.15) is 40.5 Å². The number of nitrogens with zero attached hydrogens (tertiary/aromatic N) is 1. The quantitative estimate of drug-likeness (QED) is 0.736. The van der Waals surface area contributed by atoms with Crippen LogP contribution in [0.3, 0.4) is 0 Å². The second-order valence-electron chi connectivity index (χ2n) is 5.84. The molecule has 0 radical (unpaired) electrons. The van der Waals surface area contributed by atoms with Crippen LogP contribution in [0.5, 0.6) is 0 Å². The Morgan fingerprint density at radius 3 is 2.69 bits per heavy atom. The molecule has 0 spiro atoms. The molecular weight excluding hydrogens is 196 g/mol. The van der Waals surface area contributed by atoms with E-state index >= 15 is 0 Å². The minimum absolute atomic E-state index is 0.326. The SMILES string of the molecule is C#CCC(CC)N1CCNC(C(C)(C)C)C1. The van der Waals surface area contributed by atoms with Crippen molar-refractivity contribution in [2.45, 2.75) is 52.6 Å². The van der Waals surface area contributed by atoms with E-state index in [1.54, 1.807) is 0 Å². The number of hydrogen-bond acceptors (Lipinski definition) is 2. The molecule has 0 amide bonds. The summed E-state index contributed by atoms with van der Waals surface area (Å²) in [5.74, 6) is 2.81. The van der Waals surface area contributed by atoms with Crippen LogP contribution < -0.4 is 5.32 Å². The lowest BCUT2D eigenvalue weighted by molar-refractivity contribution is 0.0973. The van der Waals surface area contributed by atoms with Crippen molar-refractivity contribution < 1.29 is 0 Å². The maximum Gasteiger partial charge on any atom is 0.0244 e. The van der Waals surface area contributed by atoms with Gasteiger partial charge in [0.15, 0.2) is 0 Å². The first-order valence-corrected chi connectivity index (χ1v) is 6.40. The third-order valence-electron chi connectivity index (χ3n) is 3.59. The maximum atomic E-state index is 5.44. The number of piperazine rings is 1. The molecule has 0 bridgehead atoms. The summed E-state index contributed by atoms with van der Waals surface area (Å²) in [6.07, 6.45) is 7.48. The molecule has 1 aliphatic rings. The Balaban J connectivity index is 2.59. The first-order chi connectivity index (χ1) is 7.49. The monoisotopic (exact) mass is 222 g/mol. The fourth-order valence-corrected chi connectivity index (χ4v) is 2.35. The van der Waals surface area contributed by atoms with E-state index in [-0.39, 0.29) is 0 Å². The summed E-state index contributed by atoms with van der Waals surface area (Å²) in [7, 11) is 0. The van der Waals surface area contributed by atoms with E-state index < -0.39 is 0 Å². The summed E-state index contributed by atoms with van der Waals surface area (Å²) in [6, 6.07) is 1.14. The highest BCUT2D eigenvalue weighted by Gasteiger charge is 2.31. The first kappa shape index (κ1) is 13.5. The Morgan fingerprint density at radius 1 is 1.50 bits per heavy atom. The summed E-state index contributed by atoms with van der Waals surface area (Å²) in [5, 5.41) is 3.62. The van der Waals surface area contributed by atoms with Gasteiger partial charge in [0.25, 0.3) is 0 Å². The molecule has 0 aromatic rings. The highest BCUT2D eigenvalue weighted by molar-refractivity contribution is 4.94. The predicted octanol–water partition coefficient (Wildman–Crippen LogP) is 2.11. The number of rotatable bonds is 3. The molecule has 2 heteroatoms. The molecule has 2 atom stereocenters. The van der Waals surface area contributed by atoms with Crippen LogP contribution in [-0.4, -0.2) is 36.6 Å². The largest absolute Gasteiger partial charge is 0.311 e. The van der Waals surface area contributed by atoms with Crippen molar-refractivity contribution in [1.82, 2.24) is 10.2 Å². The summed E-state index contributed by atoms with van der Waals surface area (Å²) in [5.41, 5.74) is 0.326. The van der Waals surface area contributed by atoms with Crippen molar-refractivity contribution in [3.05, 3.63) is 0 Å². The van der Waals surface area contributed by atoms with Gasteiger partial charge in [0, 0.05) is 38.1 Å². The Labute approximate surface area is 101 Å². The summed E-state index contributed by atoms with van der Waals surface area (Å²) < 4.78 is 0. The zero-order valence-corrected chi connectivity index (χ0v) is 11.2. The van der Waals surface area contributed by atoms with Gasteiger partial charge in [-0.2, -0.15) is 0 Å². The van der Waals surface area contributed by atoms with Crippen LogP contribution in [0.15, 0.2) is 0 Å². The molecule has 0 aromatic heterocycles. The van der Waals surface area contributed by atoms with E-state index in [0.29, 0.717) is 17.5 Å². The minimum Gasteiger partial charge on any atom is -0.311 e. The van der Waals surface area contributed by atoms with Gasteiger partial charge in [0.05, 0.1) is 0 Å². The number of hydrogen-bond donors (Lipinski definition) is 1. The van der Waals surface area contributed by atoms with E-state index in [2.05, 4.69) is 43.8 Å². The summed E-state index contributed by atoms with van der Waals surface area (Å²) in [6.45, 7) is 12.5. The molecule has 16 heavy (non-hydrogen) atoms. The maximum absolute atomic E-state index is 5.44. The zero-order chi connectivity index (χ0) is 12.2. The normalized spacial score (nSPS) is 25.1. The molecular formula is C14H26N2. The highest BCUT2D eigenvalue weighted by atomic mass is 15.2. The van der Waals surface area contributed by atoms with Gasteiger partial charge in [-0.05, 0) is 11.8 Å². The van der Waals surface area contributed by atoms with E-state index in [0.717, 1.165) is 32.5 Å². The van der Waals surface area contributed by atoms with Crippen LogP contribution >= 0.6 is 0 Å². The second-order valence-corrected chi connectivity index (χ2v) is 5.84. The molecule has 1 aliphatic heterocycles. The van der Waals surface area contributed by atoms with E-state index in [1.165, 1.54) is 0 Å². The predicted molar refractivity (Wildman–Crippen MR) is 70.3 cm³/mol. The van der Waals surface area contributed by atoms with Crippen LogP contribution in [0.25, 0.3) is 0 Å². The minimum atomic E-state index is 0.326. The molecule has 0 aromatic carbocycles. The number of terminal acetylenes is 1. The smallest absolute Gasteiger partial charge is 0.0244 e. The lowest BCUT2D eigenvalue weighted by Gasteiger charge is -2.43. The first-order valence-electron chi connectivity index (χ1n) is 6.40. The molecule has 1 heterocycles. The van der Waals surface area contributed by atoms with Gasteiger partial charge in [-0.1, -0.05) is 27.7 Å². The molecule has 1 rings (SSSR count). The van der Waals surface area contributed by atoms with Crippen molar-refractivity contribution >= 4 is 0 Å². The Morgan fingerprint density at radius 2 is 2.19 bits per heavy atom. The van der Waals surface area contributed by atoms with Crippen LogP contribution in [0.2, 0.25) is 0 Å². The topological polar surface area (TPSA) is 15.3 Å². The van der Waals surface area contributed by atoms with Crippen molar-refractivity contribution in [3.63, 3.8) is 0 Å². The zero-order valence-electron chi connectivity index (χ0n) is 11.2. The molecule has 2 nitrogen and oxygen atoms in total. The van der Waals surface area contributed by atoms with Gasteiger partial charge in [-0.25, -0.2) is 0 Å². The van der Waals surface area contributed by atoms with E-state index in [9.17, 15) is 0 Å². The number of nitrogens with one attached hydrogen (secondary N) is 1. The Bertz CT molecular complexity index is 246. The molecule has 0 saturated carbocycles. The molecule has 1 fully saturated rings. The molecule has 1 saturated heterocycles. The van der Waals surface area contributed by atoms with Gasteiger partial charge in [0.1, 0.15) is 0 Å². The van der Waals surface area contributed by atoms with Gasteiger partial charge < -0.3 is 5.32 Å². The average Bonchev–Trinajstić information content (AvgIpc) is 2.25. The van der Waals surface area contributed by atoms with Crippen LogP contribution in [0.4, 0.5) is 0 Å². The van der Waals surface area contributed by atoms with E-state index in [1.807, 2.05) is 0 Å². The third-order valence-corrected chi connectivity index (χ3v) is 3.59. The molecule has 0 aliphatic carbocycles. The van der Waals surface area contributed by atoms with E-state index in [4.69, 9.17) is 6.42 Å². The van der Waals surface area contributed by atoms with Crippen molar-refractivity contribution in [2.24, 2.45) is 5.41 Å². The van der Waals surface area contributed by atoms with Gasteiger partial charge >= 0.3 is 0 Å². The molecule has 1 N–H and O–H groups in total. The second kappa shape index (κ2) is 5.70. The van der Waals surface area contributed by atoms with Gasteiger partial charge in [-0.15, -0.1) is 12.3 Å². The summed E-state index contributed by atoms with van der Waals surface area (Å²) >= 11 is 0. The lowest BCUT2D eigenvalue weighted by atomic mass is 9.85. The van der Waals surface area contributed by atoms with Crippen LogP contribution in [0, 0.1) is 17.8 Å². The third kappa shape index (κ3) is 3.50. The Kier molecular flexibility index (Phi) is 4.83.